The molecule has 200 valence electrons. The van der Waals surface area contributed by atoms with E-state index in [9.17, 15) is 4.79 Å². The van der Waals surface area contributed by atoms with E-state index in [1.165, 1.54) is 29.0 Å². The van der Waals surface area contributed by atoms with E-state index in [0.717, 1.165) is 57.3 Å². The van der Waals surface area contributed by atoms with Crippen LogP contribution in [-0.2, 0) is 4.79 Å². The minimum absolute atomic E-state index is 0.0565. The Morgan fingerprint density at radius 2 is 1.85 bits per heavy atom. The lowest BCUT2D eigenvalue weighted by atomic mass is 9.87. The molecule has 0 aromatic carbocycles. The van der Waals surface area contributed by atoms with E-state index in [4.69, 9.17) is 0 Å². The van der Waals surface area contributed by atoms with Crippen molar-refractivity contribution >= 4 is 45.0 Å². The van der Waals surface area contributed by atoms with Gasteiger partial charge in [-0.3, -0.25) is 14.9 Å². The number of fused-ring (bicyclic) bond motifs is 2. The van der Waals surface area contributed by atoms with E-state index in [1.807, 2.05) is 12.3 Å². The molecule has 1 saturated carbocycles. The second-order valence-electron chi connectivity index (χ2n) is 10.6. The zero-order chi connectivity index (χ0) is 27.1. The number of anilines is 1. The zero-order valence-corrected chi connectivity index (χ0v) is 23.0. The van der Waals surface area contributed by atoms with Crippen molar-refractivity contribution in [2.24, 2.45) is 5.92 Å². The molecule has 3 N–H and O–H groups in total. The van der Waals surface area contributed by atoms with Gasteiger partial charge in [0.25, 0.3) is 0 Å². The highest BCUT2D eigenvalue weighted by atomic mass is 32.1. The molecule has 1 aliphatic carbocycles. The third-order valence-corrected chi connectivity index (χ3v) is 8.80. The van der Waals surface area contributed by atoms with E-state index in [-0.39, 0.29) is 5.91 Å². The van der Waals surface area contributed by atoms with Crippen molar-refractivity contribution in [1.82, 2.24) is 30.1 Å². The van der Waals surface area contributed by atoms with Gasteiger partial charge < -0.3 is 10.3 Å². The van der Waals surface area contributed by atoms with Crippen LogP contribution in [0, 0.1) is 12.8 Å². The van der Waals surface area contributed by atoms with Crippen molar-refractivity contribution in [2.45, 2.75) is 45.4 Å². The number of carbonyl (C=O) groups is 1. The quantitative estimate of drug-likeness (QED) is 0.200. The summed E-state index contributed by atoms with van der Waals surface area (Å²) in [6.07, 6.45) is 13.7. The molecule has 6 heterocycles. The first-order valence-corrected chi connectivity index (χ1v) is 14.6. The van der Waals surface area contributed by atoms with Crippen molar-refractivity contribution in [3.63, 3.8) is 0 Å². The molecule has 6 aromatic rings. The highest BCUT2D eigenvalue weighted by Gasteiger charge is 2.18. The van der Waals surface area contributed by atoms with Crippen LogP contribution < -0.4 is 5.32 Å². The third kappa shape index (κ3) is 4.77. The molecule has 1 fully saturated rings. The monoisotopic (exact) mass is 547 g/mol. The second-order valence-corrected chi connectivity index (χ2v) is 11.9. The lowest BCUT2D eigenvalue weighted by Crippen LogP contribution is -2.18. The molecule has 7 rings (SSSR count). The highest BCUT2D eigenvalue weighted by Crippen LogP contribution is 2.36. The molecule has 6 aromatic heterocycles. The number of aromatic nitrogens is 6. The number of aromatic amines is 2. The van der Waals surface area contributed by atoms with Gasteiger partial charge in [0.15, 0.2) is 5.65 Å². The third-order valence-electron chi connectivity index (χ3n) is 7.76. The van der Waals surface area contributed by atoms with Crippen LogP contribution >= 0.6 is 11.3 Å². The van der Waals surface area contributed by atoms with Crippen LogP contribution in [0.25, 0.3) is 55.0 Å². The van der Waals surface area contributed by atoms with E-state index < -0.39 is 0 Å². The molecule has 0 spiro atoms. The normalized spacial score (nSPS) is 14.2. The van der Waals surface area contributed by atoms with Crippen LogP contribution in [0.15, 0.2) is 61.2 Å². The molecule has 1 aliphatic rings. The van der Waals surface area contributed by atoms with Gasteiger partial charge in [0.2, 0.25) is 5.91 Å². The fourth-order valence-electron chi connectivity index (χ4n) is 5.75. The van der Waals surface area contributed by atoms with Crippen molar-refractivity contribution < 1.29 is 4.79 Å². The maximum Gasteiger partial charge on any atom is 0.224 e. The largest absolute Gasteiger partial charge is 0.338 e. The van der Waals surface area contributed by atoms with Gasteiger partial charge in [0, 0.05) is 62.2 Å². The molecule has 0 atom stereocenters. The number of carbonyl (C=O) groups excluding carboxylic acids is 1. The Labute approximate surface area is 235 Å². The average molecular weight is 548 g/mol. The van der Waals surface area contributed by atoms with E-state index in [2.05, 4.69) is 72.7 Å². The van der Waals surface area contributed by atoms with Crippen LogP contribution in [0.2, 0.25) is 0 Å². The lowest BCUT2D eigenvalue weighted by Gasteiger charge is -2.20. The van der Waals surface area contributed by atoms with Crippen molar-refractivity contribution in [2.75, 3.05) is 5.32 Å². The Balaban J connectivity index is 1.19. The van der Waals surface area contributed by atoms with Gasteiger partial charge >= 0.3 is 0 Å². The van der Waals surface area contributed by atoms with Crippen molar-refractivity contribution in [3.8, 4) is 33.0 Å². The molecule has 0 aliphatic heterocycles. The number of hydrogen-bond donors (Lipinski definition) is 3. The first kappa shape index (κ1) is 24.7. The summed E-state index contributed by atoms with van der Waals surface area (Å²) in [5.74, 6) is 0.544. The molecule has 0 bridgehead atoms. The first-order chi connectivity index (χ1) is 19.6. The van der Waals surface area contributed by atoms with Crippen LogP contribution in [0.4, 0.5) is 5.69 Å². The molecular weight excluding hydrogens is 518 g/mol. The minimum atomic E-state index is 0.0565. The lowest BCUT2D eigenvalue weighted by molar-refractivity contribution is -0.117. The molecular formula is C31H29N7OS. The number of nitrogens with zero attached hydrogens (tertiary/aromatic N) is 4. The first-order valence-electron chi connectivity index (χ1n) is 13.7. The highest BCUT2D eigenvalue weighted by molar-refractivity contribution is 7.15. The molecule has 9 heteroatoms. The summed E-state index contributed by atoms with van der Waals surface area (Å²) in [7, 11) is 0. The number of hydrogen-bond acceptors (Lipinski definition) is 6. The summed E-state index contributed by atoms with van der Waals surface area (Å²) in [6.45, 7) is 2.12. The Hall–Kier alpha value is -4.37. The summed E-state index contributed by atoms with van der Waals surface area (Å²) in [5.41, 5.74) is 6.79. The number of thiophene rings is 1. The zero-order valence-electron chi connectivity index (χ0n) is 22.2. The number of nitrogens with one attached hydrogen (secondary N) is 3. The van der Waals surface area contributed by atoms with Crippen molar-refractivity contribution in [1.29, 1.82) is 0 Å². The maximum absolute atomic E-state index is 12.7. The molecule has 0 radical (unpaired) electrons. The number of amides is 1. The molecule has 0 unspecified atom stereocenters. The Kier molecular flexibility index (Phi) is 6.36. The molecule has 40 heavy (non-hydrogen) atoms. The van der Waals surface area contributed by atoms with Crippen LogP contribution in [-0.4, -0.2) is 36.0 Å². The summed E-state index contributed by atoms with van der Waals surface area (Å²) in [6, 6.07) is 12.5. The Morgan fingerprint density at radius 1 is 0.975 bits per heavy atom. The topological polar surface area (TPSA) is 112 Å². The van der Waals surface area contributed by atoms with Crippen LogP contribution in [0.3, 0.4) is 0 Å². The Bertz CT molecular complexity index is 1840. The van der Waals surface area contributed by atoms with Gasteiger partial charge in [-0.2, -0.15) is 5.10 Å². The van der Waals surface area contributed by atoms with Crippen LogP contribution in [0.1, 0.15) is 43.4 Å². The molecule has 0 saturated heterocycles. The van der Waals surface area contributed by atoms with Gasteiger partial charge in [0.1, 0.15) is 11.3 Å². The van der Waals surface area contributed by atoms with Gasteiger partial charge in [-0.1, -0.05) is 19.3 Å². The summed E-state index contributed by atoms with van der Waals surface area (Å²) in [5, 5.41) is 12.7. The predicted octanol–water partition coefficient (Wildman–Crippen LogP) is 7.51. The summed E-state index contributed by atoms with van der Waals surface area (Å²) < 4.78 is 0. The molecule has 1 amide bonds. The average Bonchev–Trinajstić information content (AvgIpc) is 3.71. The smallest absolute Gasteiger partial charge is 0.224 e. The minimum Gasteiger partial charge on any atom is -0.338 e. The van der Waals surface area contributed by atoms with Gasteiger partial charge in [-0.25, -0.2) is 9.97 Å². The maximum atomic E-state index is 12.7. The van der Waals surface area contributed by atoms with Gasteiger partial charge in [0.05, 0.1) is 17.6 Å². The summed E-state index contributed by atoms with van der Waals surface area (Å²) in [4.78, 5) is 32.2. The van der Waals surface area contributed by atoms with Crippen molar-refractivity contribution in [3.05, 3.63) is 66.1 Å². The number of aryl methyl sites for hydroxylation is 1. The fraction of sp³-hybridized carbons (Fsp3) is 0.258. The van der Waals surface area contributed by atoms with Gasteiger partial charge in [-0.15, -0.1) is 11.3 Å². The van der Waals surface area contributed by atoms with E-state index in [1.54, 1.807) is 29.9 Å². The van der Waals surface area contributed by atoms with Crippen LogP contribution in [0.5, 0.6) is 0 Å². The Morgan fingerprint density at radius 3 is 2.70 bits per heavy atom. The standard InChI is InChI=1S/C31H29N7OS/c1-18-7-8-27(40-18)23-9-10-33-30-24(23)14-26(36-30)29-25-13-21(16-34-31(25)38-37-29)20-12-22(17-32-15-20)35-28(39)11-19-5-3-2-4-6-19/h7-10,12-17,19H,2-6,11H2,1H3,(H,33,36)(H,35,39)(H,34,37,38). The number of pyridine rings is 3. The summed E-state index contributed by atoms with van der Waals surface area (Å²) >= 11 is 1.77. The fourth-order valence-corrected chi connectivity index (χ4v) is 6.65. The van der Waals surface area contributed by atoms with Gasteiger partial charge in [-0.05, 0) is 62.1 Å². The van der Waals surface area contributed by atoms with E-state index in [0.29, 0.717) is 23.7 Å². The number of rotatable bonds is 6. The predicted molar refractivity (Wildman–Crippen MR) is 160 cm³/mol. The number of H-pyrrole nitrogens is 2. The molecule has 8 nitrogen and oxygen atoms in total. The van der Waals surface area contributed by atoms with E-state index >= 15 is 0 Å². The SMILES string of the molecule is Cc1ccc(-c2ccnc3[nH]c(-c4n[nH]c5ncc(-c6cncc(NC(=O)CC7CCCCC7)c6)cc45)cc23)s1. The second kappa shape index (κ2) is 10.3.